The van der Waals surface area contributed by atoms with E-state index in [9.17, 15) is 9.90 Å². The first-order valence-electron chi connectivity index (χ1n) is 6.43. The van der Waals surface area contributed by atoms with Gasteiger partial charge in [0.2, 0.25) is 0 Å². The molecule has 0 saturated carbocycles. The zero-order valence-electron chi connectivity index (χ0n) is 11.2. The number of rotatable bonds is 2. The molecule has 0 bridgehead atoms. The van der Waals surface area contributed by atoms with Crippen LogP contribution < -0.4 is 4.90 Å². The number of piperidine rings is 1. The Hall–Kier alpha value is -1.58. The summed E-state index contributed by atoms with van der Waals surface area (Å²) in [6, 6.07) is 3.41. The normalized spacial score (nSPS) is 24.1. The quantitative estimate of drug-likeness (QED) is 0.874. The van der Waals surface area contributed by atoms with Gasteiger partial charge in [0.15, 0.2) is 0 Å². The lowest BCUT2D eigenvalue weighted by atomic mass is 9.91. The fraction of sp³-hybridized carbons (Fsp3) is 0.571. The highest BCUT2D eigenvalue weighted by atomic mass is 16.4. The van der Waals surface area contributed by atoms with Crippen molar-refractivity contribution in [1.29, 1.82) is 0 Å². The Morgan fingerprint density at radius 3 is 2.50 bits per heavy atom. The largest absolute Gasteiger partial charge is 0.478 e. The molecule has 0 aliphatic carbocycles. The lowest BCUT2D eigenvalue weighted by Gasteiger charge is -2.36. The third-order valence-electron chi connectivity index (χ3n) is 3.41. The average Bonchev–Trinajstić information content (AvgIpc) is 2.27. The Kier molecular flexibility index (Phi) is 3.55. The molecule has 1 aliphatic heterocycles. The molecule has 2 atom stereocenters. The van der Waals surface area contributed by atoms with Gasteiger partial charge in [-0.1, -0.05) is 13.8 Å². The van der Waals surface area contributed by atoms with Gasteiger partial charge in [-0.3, -0.25) is 0 Å². The van der Waals surface area contributed by atoms with Gasteiger partial charge in [-0.05, 0) is 37.3 Å². The van der Waals surface area contributed by atoms with Crippen LogP contribution in [0.4, 0.5) is 5.82 Å². The van der Waals surface area contributed by atoms with Crippen LogP contribution in [0.3, 0.4) is 0 Å². The fourth-order valence-electron chi connectivity index (χ4n) is 2.79. The summed E-state index contributed by atoms with van der Waals surface area (Å²) in [5.41, 5.74) is 1.17. The van der Waals surface area contributed by atoms with Crippen molar-refractivity contribution in [3.8, 4) is 0 Å². The summed E-state index contributed by atoms with van der Waals surface area (Å²) in [5, 5.41) is 9.25. The maximum atomic E-state index is 11.3. The van der Waals surface area contributed by atoms with E-state index in [1.54, 1.807) is 12.1 Å². The molecule has 98 valence electrons. The highest BCUT2D eigenvalue weighted by Gasteiger charge is 2.26. The molecule has 0 radical (unpaired) electrons. The highest BCUT2D eigenvalue weighted by Crippen LogP contribution is 2.27. The monoisotopic (exact) mass is 248 g/mol. The van der Waals surface area contributed by atoms with Gasteiger partial charge >= 0.3 is 5.97 Å². The van der Waals surface area contributed by atoms with Crippen LogP contribution in [-0.2, 0) is 0 Å². The number of aryl methyl sites for hydroxylation is 1. The Morgan fingerprint density at radius 1 is 1.33 bits per heavy atom. The van der Waals surface area contributed by atoms with E-state index >= 15 is 0 Å². The van der Waals surface area contributed by atoms with Crippen LogP contribution >= 0.6 is 0 Å². The zero-order valence-corrected chi connectivity index (χ0v) is 11.2. The zero-order chi connectivity index (χ0) is 13.3. The molecule has 1 saturated heterocycles. The predicted octanol–water partition coefficient (Wildman–Crippen LogP) is 2.57. The molecule has 1 aromatic rings. The maximum absolute atomic E-state index is 11.3. The van der Waals surface area contributed by atoms with Gasteiger partial charge in [0.25, 0.3) is 0 Å². The van der Waals surface area contributed by atoms with E-state index in [1.807, 2.05) is 6.92 Å². The molecule has 1 N–H and O–H groups in total. The molecule has 4 heteroatoms. The third kappa shape index (κ3) is 2.63. The second kappa shape index (κ2) is 4.96. The number of hydrogen-bond acceptors (Lipinski definition) is 3. The molecule has 1 fully saturated rings. The number of carboxylic acid groups (broad SMARTS) is 1. The van der Waals surface area contributed by atoms with Crippen LogP contribution in [0, 0.1) is 18.8 Å². The molecule has 18 heavy (non-hydrogen) atoms. The summed E-state index contributed by atoms with van der Waals surface area (Å²) in [7, 11) is 0. The van der Waals surface area contributed by atoms with Gasteiger partial charge in [0, 0.05) is 18.8 Å². The van der Waals surface area contributed by atoms with Crippen molar-refractivity contribution in [3.63, 3.8) is 0 Å². The topological polar surface area (TPSA) is 53.4 Å². The Labute approximate surface area is 108 Å². The summed E-state index contributed by atoms with van der Waals surface area (Å²) in [6.07, 6.45) is 1.20. The predicted molar refractivity (Wildman–Crippen MR) is 71.1 cm³/mol. The Morgan fingerprint density at radius 2 is 1.94 bits per heavy atom. The van der Waals surface area contributed by atoms with E-state index in [0.29, 0.717) is 23.2 Å². The minimum Gasteiger partial charge on any atom is -0.478 e. The van der Waals surface area contributed by atoms with Crippen LogP contribution in [-0.4, -0.2) is 29.1 Å². The van der Waals surface area contributed by atoms with E-state index in [2.05, 4.69) is 23.7 Å². The van der Waals surface area contributed by atoms with Crippen molar-refractivity contribution in [3.05, 3.63) is 23.4 Å². The smallest absolute Gasteiger partial charge is 0.339 e. The Bertz CT molecular complexity index is 449. The van der Waals surface area contributed by atoms with Crippen LogP contribution in [0.1, 0.15) is 36.3 Å². The minimum atomic E-state index is -0.900. The first kappa shape index (κ1) is 12.9. The highest BCUT2D eigenvalue weighted by molar-refractivity contribution is 5.93. The van der Waals surface area contributed by atoms with Gasteiger partial charge in [0.05, 0.1) is 0 Å². The second-order valence-electron chi connectivity index (χ2n) is 5.48. The van der Waals surface area contributed by atoms with Crippen molar-refractivity contribution in [2.24, 2.45) is 11.8 Å². The molecule has 0 aromatic carbocycles. The number of carboxylic acids is 1. The van der Waals surface area contributed by atoms with E-state index in [4.69, 9.17) is 0 Å². The van der Waals surface area contributed by atoms with Crippen LogP contribution in [0.25, 0.3) is 0 Å². The summed E-state index contributed by atoms with van der Waals surface area (Å²) in [6.45, 7) is 8.09. The number of hydrogen-bond donors (Lipinski definition) is 1. The lowest BCUT2D eigenvalue weighted by Crippen LogP contribution is -2.40. The first-order valence-corrected chi connectivity index (χ1v) is 6.43. The molecular weight excluding hydrogens is 228 g/mol. The minimum absolute atomic E-state index is 0.307. The van der Waals surface area contributed by atoms with Crippen LogP contribution in [0.15, 0.2) is 12.1 Å². The molecule has 4 nitrogen and oxygen atoms in total. The summed E-state index contributed by atoms with van der Waals surface area (Å²) in [5.74, 6) is 0.889. The molecule has 0 amide bonds. The Balaban J connectivity index is 2.36. The SMILES string of the molecule is Cc1ccc(C(=O)O)c(N2CC(C)CC(C)C2)n1. The number of aromatic nitrogens is 1. The number of aromatic carboxylic acids is 1. The van der Waals surface area contributed by atoms with Gasteiger partial charge in [-0.2, -0.15) is 0 Å². The van der Waals surface area contributed by atoms with E-state index < -0.39 is 5.97 Å². The number of nitrogens with zero attached hydrogens (tertiary/aromatic N) is 2. The number of carbonyl (C=O) groups is 1. The summed E-state index contributed by atoms with van der Waals surface area (Å²) >= 11 is 0. The average molecular weight is 248 g/mol. The van der Waals surface area contributed by atoms with Crippen molar-refractivity contribution >= 4 is 11.8 Å². The lowest BCUT2D eigenvalue weighted by molar-refractivity contribution is 0.0697. The maximum Gasteiger partial charge on any atom is 0.339 e. The molecule has 0 spiro atoms. The van der Waals surface area contributed by atoms with Gasteiger partial charge in [-0.15, -0.1) is 0 Å². The number of pyridine rings is 1. The molecule has 2 rings (SSSR count). The van der Waals surface area contributed by atoms with Gasteiger partial charge in [0.1, 0.15) is 11.4 Å². The van der Waals surface area contributed by atoms with Crippen molar-refractivity contribution < 1.29 is 9.90 Å². The van der Waals surface area contributed by atoms with Gasteiger partial charge in [-0.25, -0.2) is 9.78 Å². The second-order valence-corrected chi connectivity index (χ2v) is 5.48. The molecule has 1 aromatic heterocycles. The molecular formula is C14H20N2O2. The summed E-state index contributed by atoms with van der Waals surface area (Å²) in [4.78, 5) is 17.8. The van der Waals surface area contributed by atoms with E-state index in [1.165, 1.54) is 6.42 Å². The van der Waals surface area contributed by atoms with E-state index in [0.717, 1.165) is 18.8 Å². The molecule has 2 unspecified atom stereocenters. The first-order chi connectivity index (χ1) is 8.47. The summed E-state index contributed by atoms with van der Waals surface area (Å²) < 4.78 is 0. The van der Waals surface area contributed by atoms with Gasteiger partial charge < -0.3 is 10.0 Å². The van der Waals surface area contributed by atoms with Crippen LogP contribution in [0.2, 0.25) is 0 Å². The van der Waals surface area contributed by atoms with Crippen molar-refractivity contribution in [1.82, 2.24) is 4.98 Å². The van der Waals surface area contributed by atoms with Crippen molar-refractivity contribution in [2.45, 2.75) is 27.2 Å². The van der Waals surface area contributed by atoms with Crippen molar-refractivity contribution in [2.75, 3.05) is 18.0 Å². The number of anilines is 1. The fourth-order valence-corrected chi connectivity index (χ4v) is 2.79. The molecule has 1 aliphatic rings. The van der Waals surface area contributed by atoms with E-state index in [-0.39, 0.29) is 0 Å². The molecule has 2 heterocycles. The van der Waals surface area contributed by atoms with Crippen LogP contribution in [0.5, 0.6) is 0 Å². The standard InChI is InChI=1S/C14H20N2O2/c1-9-6-10(2)8-16(7-9)13-12(14(17)18)5-4-11(3)15-13/h4-5,9-10H,6-8H2,1-3H3,(H,17,18). The third-order valence-corrected chi connectivity index (χ3v) is 3.41.